The molecular weight excluding hydrogens is 282 g/mol. The second-order valence-electron chi connectivity index (χ2n) is 4.85. The number of aromatic hydroxyl groups is 1. The number of benzene rings is 2. The summed E-state index contributed by atoms with van der Waals surface area (Å²) in [5, 5.41) is 24.9. The molecule has 6 heteroatoms. The van der Waals surface area contributed by atoms with E-state index >= 15 is 0 Å². The maximum atomic E-state index is 10.6. The number of nitro groups is 1. The third-order valence-electron chi connectivity index (χ3n) is 3.20. The molecule has 0 spiro atoms. The van der Waals surface area contributed by atoms with Crippen LogP contribution in [0.4, 0.5) is 11.4 Å². The van der Waals surface area contributed by atoms with Gasteiger partial charge in [0.15, 0.2) is 0 Å². The van der Waals surface area contributed by atoms with E-state index in [1.807, 2.05) is 26.0 Å². The first kappa shape index (κ1) is 15.5. The van der Waals surface area contributed by atoms with E-state index < -0.39 is 4.92 Å². The number of anilines is 1. The highest BCUT2D eigenvalue weighted by molar-refractivity contribution is 6.03. The minimum absolute atomic E-state index is 0.0291. The van der Waals surface area contributed by atoms with Gasteiger partial charge in [-0.05, 0) is 43.2 Å². The molecule has 0 aliphatic rings. The van der Waals surface area contributed by atoms with Crippen LogP contribution in [0.3, 0.4) is 0 Å². The van der Waals surface area contributed by atoms with E-state index in [-0.39, 0.29) is 11.4 Å². The lowest BCUT2D eigenvalue weighted by Gasteiger charge is -2.08. The summed E-state index contributed by atoms with van der Waals surface area (Å²) in [6.45, 7) is 3.84. The van der Waals surface area contributed by atoms with Crippen molar-refractivity contribution < 1.29 is 10.0 Å². The number of hydrogen-bond acceptors (Lipinski definition) is 5. The van der Waals surface area contributed by atoms with Gasteiger partial charge >= 0.3 is 0 Å². The molecule has 2 aromatic rings. The fourth-order valence-corrected chi connectivity index (χ4v) is 2.01. The van der Waals surface area contributed by atoms with E-state index in [4.69, 9.17) is 0 Å². The van der Waals surface area contributed by atoms with Crippen LogP contribution in [0.1, 0.15) is 24.5 Å². The average molecular weight is 299 g/mol. The van der Waals surface area contributed by atoms with Gasteiger partial charge < -0.3 is 5.11 Å². The summed E-state index contributed by atoms with van der Waals surface area (Å²) in [6, 6.07) is 11.4. The standard InChI is InChI=1S/C16H17N3O3/c1-3-15(14-9-4-11(2)10-16(14)20)18-17-12-5-7-13(8-6-12)19(21)22/h4-10,17,20H,3H2,1-2H3/b18-15+. The monoisotopic (exact) mass is 299 g/mol. The van der Waals surface area contributed by atoms with Crippen LogP contribution in [0, 0.1) is 17.0 Å². The van der Waals surface area contributed by atoms with Gasteiger partial charge in [-0.3, -0.25) is 15.5 Å². The van der Waals surface area contributed by atoms with Crippen LogP contribution in [0.25, 0.3) is 0 Å². The van der Waals surface area contributed by atoms with Crippen LogP contribution in [0.15, 0.2) is 47.6 Å². The number of nitrogens with one attached hydrogen (secondary N) is 1. The highest BCUT2D eigenvalue weighted by atomic mass is 16.6. The number of hydrogen-bond donors (Lipinski definition) is 2. The first-order valence-corrected chi connectivity index (χ1v) is 6.88. The highest BCUT2D eigenvalue weighted by Crippen LogP contribution is 2.21. The maximum absolute atomic E-state index is 10.6. The second kappa shape index (κ2) is 6.71. The average Bonchev–Trinajstić information content (AvgIpc) is 2.50. The van der Waals surface area contributed by atoms with Crippen molar-refractivity contribution in [2.24, 2.45) is 5.10 Å². The van der Waals surface area contributed by atoms with Crippen LogP contribution in [-0.2, 0) is 0 Å². The van der Waals surface area contributed by atoms with E-state index in [0.29, 0.717) is 23.4 Å². The third-order valence-corrected chi connectivity index (χ3v) is 3.20. The minimum atomic E-state index is -0.450. The third kappa shape index (κ3) is 3.60. The van der Waals surface area contributed by atoms with Crippen LogP contribution in [0.5, 0.6) is 5.75 Å². The molecule has 2 N–H and O–H groups in total. The van der Waals surface area contributed by atoms with Crippen molar-refractivity contribution in [3.8, 4) is 5.75 Å². The van der Waals surface area contributed by atoms with Crippen LogP contribution in [0.2, 0.25) is 0 Å². The fourth-order valence-electron chi connectivity index (χ4n) is 2.01. The normalized spacial score (nSPS) is 11.3. The van der Waals surface area contributed by atoms with Crippen molar-refractivity contribution in [2.45, 2.75) is 20.3 Å². The molecule has 6 nitrogen and oxygen atoms in total. The van der Waals surface area contributed by atoms with Gasteiger partial charge in [-0.25, -0.2) is 0 Å². The Labute approximate surface area is 128 Å². The smallest absolute Gasteiger partial charge is 0.269 e. The molecule has 0 saturated carbocycles. The summed E-state index contributed by atoms with van der Waals surface area (Å²) in [4.78, 5) is 10.2. The molecule has 0 saturated heterocycles. The predicted octanol–water partition coefficient (Wildman–Crippen LogP) is 3.84. The Balaban J connectivity index is 2.20. The SMILES string of the molecule is CC/C(=N\Nc1ccc([N+](=O)[O-])cc1)c1ccc(C)cc1O. The number of phenolic OH excluding ortho intramolecular Hbond substituents is 1. The molecule has 2 rings (SSSR count). The Morgan fingerprint density at radius 2 is 1.95 bits per heavy atom. The van der Waals surface area contributed by atoms with E-state index in [1.165, 1.54) is 12.1 Å². The fraction of sp³-hybridized carbons (Fsp3) is 0.188. The summed E-state index contributed by atoms with van der Waals surface area (Å²) in [5.74, 6) is 0.186. The maximum Gasteiger partial charge on any atom is 0.269 e. The molecular formula is C16H17N3O3. The molecule has 0 bridgehead atoms. The van der Waals surface area contributed by atoms with E-state index in [9.17, 15) is 15.2 Å². The molecule has 0 amide bonds. The molecule has 22 heavy (non-hydrogen) atoms. The van der Waals surface area contributed by atoms with Crippen molar-refractivity contribution in [2.75, 3.05) is 5.43 Å². The Hall–Kier alpha value is -2.89. The Bertz CT molecular complexity index is 709. The van der Waals surface area contributed by atoms with E-state index in [0.717, 1.165) is 5.56 Å². The zero-order valence-electron chi connectivity index (χ0n) is 12.4. The quantitative estimate of drug-likeness (QED) is 0.499. The first-order chi connectivity index (χ1) is 10.5. The number of nitro benzene ring substituents is 1. The van der Waals surface area contributed by atoms with Gasteiger partial charge in [0.2, 0.25) is 0 Å². The Morgan fingerprint density at radius 3 is 2.50 bits per heavy atom. The van der Waals surface area contributed by atoms with Crippen molar-refractivity contribution in [1.29, 1.82) is 0 Å². The second-order valence-corrected chi connectivity index (χ2v) is 4.85. The van der Waals surface area contributed by atoms with Crippen LogP contribution >= 0.6 is 0 Å². The Morgan fingerprint density at radius 1 is 1.27 bits per heavy atom. The summed E-state index contributed by atoms with van der Waals surface area (Å²) in [5.41, 5.74) is 5.87. The zero-order chi connectivity index (χ0) is 16.1. The van der Waals surface area contributed by atoms with Gasteiger partial charge in [0, 0.05) is 17.7 Å². The molecule has 0 atom stereocenters. The van der Waals surface area contributed by atoms with E-state index in [1.54, 1.807) is 18.2 Å². The number of phenols is 1. The number of rotatable bonds is 5. The van der Waals surface area contributed by atoms with E-state index in [2.05, 4.69) is 10.5 Å². The largest absolute Gasteiger partial charge is 0.507 e. The van der Waals surface area contributed by atoms with Crippen molar-refractivity contribution in [3.05, 3.63) is 63.7 Å². The molecule has 0 aromatic heterocycles. The molecule has 0 unspecified atom stereocenters. The molecule has 2 aromatic carbocycles. The van der Waals surface area contributed by atoms with Gasteiger partial charge in [-0.15, -0.1) is 0 Å². The number of aryl methyl sites for hydroxylation is 1. The van der Waals surface area contributed by atoms with Crippen LogP contribution < -0.4 is 5.43 Å². The summed E-state index contributed by atoms with van der Waals surface area (Å²) in [7, 11) is 0. The van der Waals surface area contributed by atoms with Crippen molar-refractivity contribution in [3.63, 3.8) is 0 Å². The zero-order valence-corrected chi connectivity index (χ0v) is 12.4. The molecule has 0 radical (unpaired) electrons. The van der Waals surface area contributed by atoms with Gasteiger partial charge in [0.25, 0.3) is 5.69 Å². The molecule has 0 fully saturated rings. The minimum Gasteiger partial charge on any atom is -0.507 e. The van der Waals surface area contributed by atoms with Gasteiger partial charge in [-0.1, -0.05) is 13.0 Å². The highest BCUT2D eigenvalue weighted by Gasteiger charge is 2.08. The lowest BCUT2D eigenvalue weighted by atomic mass is 10.1. The predicted molar refractivity (Wildman–Crippen MR) is 86.4 cm³/mol. The van der Waals surface area contributed by atoms with Gasteiger partial charge in [0.05, 0.1) is 16.3 Å². The summed E-state index contributed by atoms with van der Waals surface area (Å²) in [6.07, 6.45) is 0.636. The van der Waals surface area contributed by atoms with Crippen molar-refractivity contribution in [1.82, 2.24) is 0 Å². The number of hydrazone groups is 1. The number of nitrogens with zero attached hydrogens (tertiary/aromatic N) is 2. The molecule has 0 aliphatic carbocycles. The lowest BCUT2D eigenvalue weighted by Crippen LogP contribution is -2.03. The van der Waals surface area contributed by atoms with Gasteiger partial charge in [0.1, 0.15) is 5.75 Å². The summed E-state index contributed by atoms with van der Waals surface area (Å²) < 4.78 is 0. The Kier molecular flexibility index (Phi) is 4.73. The summed E-state index contributed by atoms with van der Waals surface area (Å²) >= 11 is 0. The van der Waals surface area contributed by atoms with Crippen LogP contribution in [-0.4, -0.2) is 15.7 Å². The number of non-ortho nitro benzene ring substituents is 1. The molecule has 0 aliphatic heterocycles. The molecule has 0 heterocycles. The van der Waals surface area contributed by atoms with Crippen molar-refractivity contribution >= 4 is 17.1 Å². The van der Waals surface area contributed by atoms with Gasteiger partial charge in [-0.2, -0.15) is 5.10 Å². The lowest BCUT2D eigenvalue weighted by molar-refractivity contribution is -0.384. The topological polar surface area (TPSA) is 87.8 Å². The first-order valence-electron chi connectivity index (χ1n) is 6.88. The molecule has 114 valence electrons.